The van der Waals surface area contributed by atoms with Gasteiger partial charge in [0.05, 0.1) is 11.4 Å². The molecule has 0 amide bonds. The average molecular weight is 281 g/mol. The molecule has 0 N–H and O–H groups in total. The zero-order valence-corrected chi connectivity index (χ0v) is 12.6. The van der Waals surface area contributed by atoms with E-state index in [1.54, 1.807) is 11.3 Å². The Morgan fingerprint density at radius 1 is 1.20 bits per heavy atom. The average Bonchev–Trinajstić information content (AvgIpc) is 2.92. The molecule has 2 aromatic rings. The first kappa shape index (κ1) is 14.6. The van der Waals surface area contributed by atoms with Crippen LogP contribution in [0.1, 0.15) is 42.2 Å². The lowest BCUT2D eigenvalue weighted by molar-refractivity contribution is 0.828. The van der Waals surface area contributed by atoms with E-state index in [0.717, 1.165) is 23.4 Å². The smallest absolute Gasteiger partial charge is 0.0640 e. The second-order valence-corrected chi connectivity index (χ2v) is 5.51. The zero-order chi connectivity index (χ0) is 14.0. The van der Waals surface area contributed by atoms with Gasteiger partial charge in [-0.3, -0.25) is 4.99 Å². The van der Waals surface area contributed by atoms with Gasteiger partial charge in [0.1, 0.15) is 0 Å². The fourth-order valence-corrected chi connectivity index (χ4v) is 2.50. The molecule has 102 valence electrons. The molecule has 20 heavy (non-hydrogen) atoms. The van der Waals surface area contributed by atoms with Crippen LogP contribution in [0.15, 0.2) is 46.8 Å². The van der Waals surface area contributed by atoms with E-state index in [1.807, 2.05) is 24.4 Å². The maximum Gasteiger partial charge on any atom is 0.0640 e. The third kappa shape index (κ3) is 4.68. The fourth-order valence-electron chi connectivity index (χ4n) is 1.76. The van der Waals surface area contributed by atoms with Crippen LogP contribution in [0, 0.1) is 11.8 Å². The Bertz CT molecular complexity index is 599. The molecule has 0 bridgehead atoms. The van der Waals surface area contributed by atoms with E-state index in [-0.39, 0.29) is 0 Å². The van der Waals surface area contributed by atoms with E-state index in [4.69, 9.17) is 0 Å². The maximum atomic E-state index is 4.51. The van der Waals surface area contributed by atoms with Gasteiger partial charge < -0.3 is 0 Å². The van der Waals surface area contributed by atoms with Crippen LogP contribution in [-0.2, 0) is 6.54 Å². The van der Waals surface area contributed by atoms with Crippen LogP contribution >= 0.6 is 11.3 Å². The van der Waals surface area contributed by atoms with Crippen LogP contribution in [0.2, 0.25) is 0 Å². The Hall–Kier alpha value is -1.85. The molecule has 0 aliphatic carbocycles. The number of hydrogen-bond donors (Lipinski definition) is 0. The first-order valence-corrected chi connectivity index (χ1v) is 7.88. The van der Waals surface area contributed by atoms with Gasteiger partial charge in [-0.25, -0.2) is 0 Å². The third-order valence-corrected chi connectivity index (χ3v) is 3.75. The fraction of sp³-hybridized carbons (Fsp3) is 0.278. The van der Waals surface area contributed by atoms with Crippen molar-refractivity contribution in [1.82, 2.24) is 0 Å². The largest absolute Gasteiger partial charge is 0.287 e. The van der Waals surface area contributed by atoms with E-state index in [0.29, 0.717) is 0 Å². The predicted octanol–water partition coefficient (Wildman–Crippen LogP) is 4.91. The van der Waals surface area contributed by atoms with Crippen LogP contribution in [-0.4, -0.2) is 6.21 Å². The molecule has 2 rings (SSSR count). The second kappa shape index (κ2) is 8.35. The number of aliphatic imine (C=N–C) groups is 1. The zero-order valence-electron chi connectivity index (χ0n) is 11.8. The molecule has 0 aliphatic heterocycles. The molecule has 2 heteroatoms. The van der Waals surface area contributed by atoms with Crippen molar-refractivity contribution >= 4 is 17.6 Å². The summed E-state index contributed by atoms with van der Waals surface area (Å²) in [5.41, 5.74) is 2.33. The lowest BCUT2D eigenvalue weighted by atomic mass is 10.2. The molecule has 1 aromatic heterocycles. The molecule has 0 radical (unpaired) electrons. The number of unbranched alkanes of at least 4 members (excludes halogenated alkanes) is 2. The lowest BCUT2D eigenvalue weighted by Crippen LogP contribution is -1.84. The van der Waals surface area contributed by atoms with Gasteiger partial charge in [0.25, 0.3) is 0 Å². The minimum atomic E-state index is 0.724. The van der Waals surface area contributed by atoms with Crippen LogP contribution in [0.3, 0.4) is 0 Å². The highest BCUT2D eigenvalue weighted by molar-refractivity contribution is 7.12. The normalized spacial score (nSPS) is 10.4. The van der Waals surface area contributed by atoms with Gasteiger partial charge >= 0.3 is 0 Å². The Kier molecular flexibility index (Phi) is 6.07. The van der Waals surface area contributed by atoms with Gasteiger partial charge in [0, 0.05) is 18.2 Å². The monoisotopic (exact) mass is 281 g/mol. The van der Waals surface area contributed by atoms with Crippen molar-refractivity contribution in [2.24, 2.45) is 4.99 Å². The summed E-state index contributed by atoms with van der Waals surface area (Å²) in [5.74, 6) is 6.48. The number of thiophene rings is 1. The highest BCUT2D eigenvalue weighted by atomic mass is 32.1. The number of nitrogens with zero attached hydrogens (tertiary/aromatic N) is 1. The van der Waals surface area contributed by atoms with Crippen molar-refractivity contribution < 1.29 is 0 Å². The molecule has 1 nitrogen and oxygen atoms in total. The van der Waals surface area contributed by atoms with Crippen molar-refractivity contribution in [3.8, 4) is 11.8 Å². The van der Waals surface area contributed by atoms with Crippen molar-refractivity contribution in [3.63, 3.8) is 0 Å². The van der Waals surface area contributed by atoms with Crippen LogP contribution in [0.25, 0.3) is 0 Å². The number of benzene rings is 1. The second-order valence-electron chi connectivity index (χ2n) is 4.56. The van der Waals surface area contributed by atoms with E-state index in [2.05, 4.69) is 47.3 Å². The molecule has 0 saturated carbocycles. The van der Waals surface area contributed by atoms with Crippen LogP contribution < -0.4 is 0 Å². The van der Waals surface area contributed by atoms with Gasteiger partial charge in [-0.15, -0.1) is 11.3 Å². The Morgan fingerprint density at radius 2 is 2.05 bits per heavy atom. The van der Waals surface area contributed by atoms with Gasteiger partial charge in [-0.05, 0) is 23.4 Å². The molecule has 0 atom stereocenters. The van der Waals surface area contributed by atoms with Gasteiger partial charge in [-0.1, -0.05) is 55.5 Å². The van der Waals surface area contributed by atoms with Crippen molar-refractivity contribution in [2.45, 2.75) is 32.7 Å². The van der Waals surface area contributed by atoms with E-state index < -0.39 is 0 Å². The minimum Gasteiger partial charge on any atom is -0.287 e. The molecule has 0 saturated heterocycles. The topological polar surface area (TPSA) is 12.4 Å². The van der Waals surface area contributed by atoms with Gasteiger partial charge in [0.2, 0.25) is 0 Å². The SMILES string of the molecule is CCCCC#Cc1ccsc1C=NCc1ccccc1. The van der Waals surface area contributed by atoms with Crippen LogP contribution in [0.4, 0.5) is 0 Å². The third-order valence-electron chi connectivity index (χ3n) is 2.90. The molecule has 0 aliphatic rings. The van der Waals surface area contributed by atoms with Crippen molar-refractivity contribution in [2.75, 3.05) is 0 Å². The van der Waals surface area contributed by atoms with Crippen molar-refractivity contribution in [1.29, 1.82) is 0 Å². The summed E-state index contributed by atoms with van der Waals surface area (Å²) in [6, 6.07) is 12.4. The molecule has 0 unspecified atom stereocenters. The summed E-state index contributed by atoms with van der Waals surface area (Å²) in [6.45, 7) is 2.91. The summed E-state index contributed by atoms with van der Waals surface area (Å²) >= 11 is 1.70. The van der Waals surface area contributed by atoms with E-state index in [1.165, 1.54) is 18.4 Å². The number of hydrogen-bond acceptors (Lipinski definition) is 2. The molecule has 0 fully saturated rings. The molecular weight excluding hydrogens is 262 g/mol. The van der Waals surface area contributed by atoms with E-state index >= 15 is 0 Å². The van der Waals surface area contributed by atoms with Crippen molar-refractivity contribution in [3.05, 3.63) is 57.8 Å². The minimum absolute atomic E-state index is 0.724. The maximum absolute atomic E-state index is 4.51. The number of rotatable bonds is 5. The summed E-state index contributed by atoms with van der Waals surface area (Å²) < 4.78 is 0. The molecule has 1 aromatic carbocycles. The van der Waals surface area contributed by atoms with Gasteiger partial charge in [0.15, 0.2) is 0 Å². The quantitative estimate of drug-likeness (QED) is 0.419. The first-order chi connectivity index (χ1) is 9.90. The van der Waals surface area contributed by atoms with Crippen LogP contribution in [0.5, 0.6) is 0 Å². The Labute approximate surface area is 125 Å². The van der Waals surface area contributed by atoms with Gasteiger partial charge in [-0.2, -0.15) is 0 Å². The Morgan fingerprint density at radius 3 is 2.85 bits per heavy atom. The molecular formula is C18H19NS. The predicted molar refractivity (Wildman–Crippen MR) is 88.5 cm³/mol. The highest BCUT2D eigenvalue weighted by Crippen LogP contribution is 2.14. The summed E-state index contributed by atoms with van der Waals surface area (Å²) in [5, 5.41) is 2.08. The molecule has 1 heterocycles. The standard InChI is InChI=1S/C18H19NS/c1-2-3-4-8-11-17-12-13-20-18(17)15-19-14-16-9-6-5-7-10-16/h5-7,9-10,12-13,15H,2-4,14H2,1H3. The summed E-state index contributed by atoms with van der Waals surface area (Å²) in [6.07, 6.45) is 5.30. The summed E-state index contributed by atoms with van der Waals surface area (Å²) in [4.78, 5) is 5.66. The summed E-state index contributed by atoms with van der Waals surface area (Å²) in [7, 11) is 0. The molecule has 0 spiro atoms. The Balaban J connectivity index is 1.95. The highest BCUT2D eigenvalue weighted by Gasteiger charge is 1.97. The first-order valence-electron chi connectivity index (χ1n) is 7.00. The van der Waals surface area contributed by atoms with E-state index in [9.17, 15) is 0 Å². The lowest BCUT2D eigenvalue weighted by Gasteiger charge is -1.94.